The Labute approximate surface area is 141 Å². The summed E-state index contributed by atoms with van der Waals surface area (Å²) in [5, 5.41) is 6.78. The number of thioether (sulfide) groups is 1. The second-order valence-corrected chi connectivity index (χ2v) is 5.74. The molecule has 0 unspecified atom stereocenters. The number of rotatable bonds is 6. The van der Waals surface area contributed by atoms with Gasteiger partial charge in [-0.05, 0) is 36.4 Å². The van der Waals surface area contributed by atoms with E-state index in [1.54, 1.807) is 55.9 Å². The summed E-state index contributed by atoms with van der Waals surface area (Å²) in [4.78, 5) is 28.2. The highest BCUT2D eigenvalue weighted by Gasteiger charge is 2.14. The Morgan fingerprint density at radius 3 is 2.75 bits per heavy atom. The van der Waals surface area contributed by atoms with Crippen LogP contribution < -0.4 is 10.4 Å². The van der Waals surface area contributed by atoms with E-state index in [9.17, 15) is 9.59 Å². The van der Waals surface area contributed by atoms with E-state index in [-0.39, 0.29) is 17.2 Å². The van der Waals surface area contributed by atoms with E-state index in [2.05, 4.69) is 15.2 Å². The molecule has 0 bridgehead atoms. The molecular formula is C16H14N4O3S. The molecule has 0 atom stereocenters. The monoisotopic (exact) mass is 342 g/mol. The highest BCUT2D eigenvalue weighted by atomic mass is 32.2. The molecule has 0 aliphatic rings. The maximum absolute atomic E-state index is 12.3. The molecule has 0 aliphatic carbocycles. The predicted molar refractivity (Wildman–Crippen MR) is 90.0 cm³/mol. The molecule has 0 saturated heterocycles. The number of pyridine rings is 1. The van der Waals surface area contributed by atoms with Gasteiger partial charge in [0.05, 0.1) is 24.7 Å². The summed E-state index contributed by atoms with van der Waals surface area (Å²) in [6.07, 6.45) is 3.18. The third kappa shape index (κ3) is 3.38. The van der Waals surface area contributed by atoms with Crippen LogP contribution in [0.15, 0.2) is 58.7 Å². The smallest absolute Gasteiger partial charge is 0.348 e. The molecule has 7 nitrogen and oxygen atoms in total. The van der Waals surface area contributed by atoms with Crippen LogP contribution in [0.25, 0.3) is 5.69 Å². The van der Waals surface area contributed by atoms with Crippen LogP contribution in [0.5, 0.6) is 5.75 Å². The van der Waals surface area contributed by atoms with Crippen molar-refractivity contribution in [1.82, 2.24) is 19.7 Å². The van der Waals surface area contributed by atoms with E-state index in [0.29, 0.717) is 22.2 Å². The number of ether oxygens (including phenoxy) is 1. The maximum atomic E-state index is 12.3. The van der Waals surface area contributed by atoms with Crippen LogP contribution in [0, 0.1) is 0 Å². The van der Waals surface area contributed by atoms with Crippen molar-refractivity contribution in [3.8, 4) is 11.4 Å². The standard InChI is InChI=1S/C16H14N4O3S/c1-23-13-6-4-11(5-7-13)14(21)10-24-16-19-18-15(22)20(16)12-3-2-8-17-9-12/h2-9H,10H2,1H3,(H,18,22). The van der Waals surface area contributed by atoms with Crippen LogP contribution in [0.2, 0.25) is 0 Å². The van der Waals surface area contributed by atoms with Crippen LogP contribution in [0.4, 0.5) is 0 Å². The fourth-order valence-corrected chi connectivity index (χ4v) is 2.94. The molecule has 1 aromatic carbocycles. The minimum absolute atomic E-state index is 0.0594. The number of hydrogen-bond donors (Lipinski definition) is 1. The number of H-pyrrole nitrogens is 1. The lowest BCUT2D eigenvalue weighted by atomic mass is 10.1. The van der Waals surface area contributed by atoms with E-state index in [0.717, 1.165) is 0 Å². The van der Waals surface area contributed by atoms with Crippen LogP contribution in [-0.4, -0.2) is 38.4 Å². The van der Waals surface area contributed by atoms with E-state index in [1.807, 2.05) is 0 Å². The summed E-state index contributed by atoms with van der Waals surface area (Å²) < 4.78 is 6.46. The zero-order valence-electron chi connectivity index (χ0n) is 12.8. The van der Waals surface area contributed by atoms with E-state index < -0.39 is 0 Å². The van der Waals surface area contributed by atoms with Gasteiger partial charge in [0, 0.05) is 11.8 Å². The minimum atomic E-state index is -0.373. The lowest BCUT2D eigenvalue weighted by Crippen LogP contribution is -2.16. The zero-order chi connectivity index (χ0) is 16.9. The van der Waals surface area contributed by atoms with Gasteiger partial charge in [0.1, 0.15) is 5.75 Å². The third-order valence-corrected chi connectivity index (χ3v) is 4.23. The third-order valence-electron chi connectivity index (χ3n) is 3.29. The van der Waals surface area contributed by atoms with Crippen molar-refractivity contribution in [2.24, 2.45) is 0 Å². The first kappa shape index (κ1) is 16.0. The number of carbonyl (C=O) groups excluding carboxylic acids is 1. The van der Waals surface area contributed by atoms with Crippen LogP contribution in [0.3, 0.4) is 0 Å². The molecule has 2 aromatic heterocycles. The molecule has 0 amide bonds. The fourth-order valence-electron chi connectivity index (χ4n) is 2.08. The van der Waals surface area contributed by atoms with Gasteiger partial charge in [0.25, 0.3) is 0 Å². The molecule has 0 radical (unpaired) electrons. The first-order chi connectivity index (χ1) is 11.7. The van der Waals surface area contributed by atoms with Gasteiger partial charge in [-0.25, -0.2) is 14.5 Å². The van der Waals surface area contributed by atoms with Crippen molar-refractivity contribution in [3.05, 3.63) is 64.8 Å². The van der Waals surface area contributed by atoms with Gasteiger partial charge in [0.2, 0.25) is 0 Å². The summed E-state index contributed by atoms with van der Waals surface area (Å²) in [6.45, 7) is 0. The largest absolute Gasteiger partial charge is 0.497 e. The summed E-state index contributed by atoms with van der Waals surface area (Å²) in [5.41, 5.74) is 0.798. The van der Waals surface area contributed by atoms with Gasteiger partial charge in [-0.15, -0.1) is 5.10 Å². The molecule has 3 rings (SSSR count). The molecule has 1 N–H and O–H groups in total. The molecule has 0 aliphatic heterocycles. The van der Waals surface area contributed by atoms with Crippen LogP contribution >= 0.6 is 11.8 Å². The van der Waals surface area contributed by atoms with E-state index in [1.165, 1.54) is 16.3 Å². The van der Waals surface area contributed by atoms with Gasteiger partial charge in [-0.3, -0.25) is 9.78 Å². The molecule has 0 fully saturated rings. The molecule has 122 valence electrons. The Balaban J connectivity index is 1.75. The summed E-state index contributed by atoms with van der Waals surface area (Å²) in [5.74, 6) is 0.796. The van der Waals surface area contributed by atoms with Crippen molar-refractivity contribution in [3.63, 3.8) is 0 Å². The average molecular weight is 342 g/mol. The molecule has 3 aromatic rings. The molecule has 2 heterocycles. The summed E-state index contributed by atoms with van der Waals surface area (Å²) in [6, 6.07) is 10.4. The number of aromatic amines is 1. The summed E-state index contributed by atoms with van der Waals surface area (Å²) >= 11 is 1.19. The Morgan fingerprint density at radius 1 is 1.29 bits per heavy atom. The number of ketones is 1. The van der Waals surface area contributed by atoms with Gasteiger partial charge in [0.15, 0.2) is 10.9 Å². The Hall–Kier alpha value is -2.87. The first-order valence-corrected chi connectivity index (χ1v) is 8.05. The first-order valence-electron chi connectivity index (χ1n) is 7.07. The predicted octanol–water partition coefficient (Wildman–Crippen LogP) is 1.94. The summed E-state index contributed by atoms with van der Waals surface area (Å²) in [7, 11) is 1.57. The van der Waals surface area contributed by atoms with Gasteiger partial charge in [-0.1, -0.05) is 11.8 Å². The lowest BCUT2D eigenvalue weighted by molar-refractivity contribution is 0.102. The number of nitrogens with one attached hydrogen (secondary N) is 1. The van der Waals surface area contributed by atoms with Crippen molar-refractivity contribution < 1.29 is 9.53 Å². The number of benzene rings is 1. The lowest BCUT2D eigenvalue weighted by Gasteiger charge is -2.05. The van der Waals surface area contributed by atoms with Crippen molar-refractivity contribution in [2.45, 2.75) is 5.16 Å². The molecule has 24 heavy (non-hydrogen) atoms. The zero-order valence-corrected chi connectivity index (χ0v) is 13.6. The second-order valence-electron chi connectivity index (χ2n) is 4.80. The highest BCUT2D eigenvalue weighted by Crippen LogP contribution is 2.19. The molecular weight excluding hydrogens is 328 g/mol. The maximum Gasteiger partial charge on any atom is 0.348 e. The number of hydrogen-bond acceptors (Lipinski definition) is 6. The number of methoxy groups -OCH3 is 1. The SMILES string of the molecule is COc1ccc(C(=O)CSc2n[nH]c(=O)n2-c2cccnc2)cc1. The number of carbonyl (C=O) groups is 1. The quantitative estimate of drug-likeness (QED) is 0.544. The normalized spacial score (nSPS) is 10.5. The number of nitrogens with zero attached hydrogens (tertiary/aromatic N) is 3. The Kier molecular flexibility index (Phi) is 4.76. The Morgan fingerprint density at radius 2 is 2.08 bits per heavy atom. The van der Waals surface area contributed by atoms with Crippen molar-refractivity contribution >= 4 is 17.5 Å². The number of aromatic nitrogens is 4. The van der Waals surface area contributed by atoms with E-state index >= 15 is 0 Å². The van der Waals surface area contributed by atoms with Crippen molar-refractivity contribution in [2.75, 3.05) is 12.9 Å². The molecule has 0 saturated carbocycles. The van der Waals surface area contributed by atoms with Crippen LogP contribution in [-0.2, 0) is 0 Å². The van der Waals surface area contributed by atoms with Gasteiger partial charge >= 0.3 is 5.69 Å². The topological polar surface area (TPSA) is 89.9 Å². The fraction of sp³-hybridized carbons (Fsp3) is 0.125. The Bertz CT molecular complexity index is 888. The van der Waals surface area contributed by atoms with Crippen molar-refractivity contribution in [1.29, 1.82) is 0 Å². The molecule has 0 spiro atoms. The second kappa shape index (κ2) is 7.14. The van der Waals surface area contributed by atoms with Gasteiger partial charge < -0.3 is 4.74 Å². The minimum Gasteiger partial charge on any atom is -0.497 e. The van der Waals surface area contributed by atoms with E-state index in [4.69, 9.17) is 4.74 Å². The average Bonchev–Trinajstić information content (AvgIpc) is 3.01. The number of Topliss-reactive ketones (excluding diaryl/α,β-unsaturated/α-hetero) is 1. The highest BCUT2D eigenvalue weighted by molar-refractivity contribution is 7.99. The van der Waals surface area contributed by atoms with Crippen LogP contribution in [0.1, 0.15) is 10.4 Å². The van der Waals surface area contributed by atoms with Gasteiger partial charge in [-0.2, -0.15) is 0 Å². The molecule has 8 heteroatoms.